The third-order valence-electron chi connectivity index (χ3n) is 3.82. The Hall–Kier alpha value is -2.82. The highest BCUT2D eigenvalue weighted by Crippen LogP contribution is 2.29. The van der Waals surface area contributed by atoms with E-state index in [1.54, 1.807) is 0 Å². The van der Waals surface area contributed by atoms with E-state index in [0.29, 0.717) is 0 Å². The van der Waals surface area contributed by atoms with Crippen molar-refractivity contribution in [3.8, 4) is 11.8 Å². The van der Waals surface area contributed by atoms with Crippen LogP contribution in [-0.2, 0) is 5.60 Å². The third-order valence-corrected chi connectivity index (χ3v) is 3.82. The molecule has 0 aliphatic carbocycles. The van der Waals surface area contributed by atoms with Gasteiger partial charge in [-0.05, 0) is 19.1 Å². The molecule has 1 atom stereocenters. The van der Waals surface area contributed by atoms with Crippen molar-refractivity contribution in [2.24, 2.45) is 0 Å². The molecule has 3 aromatic rings. The molecule has 0 saturated carbocycles. The highest BCUT2D eigenvalue weighted by Gasteiger charge is 2.29. The summed E-state index contributed by atoms with van der Waals surface area (Å²) in [4.78, 5) is 0. The van der Waals surface area contributed by atoms with Gasteiger partial charge < -0.3 is 5.11 Å². The number of rotatable bonds is 2. The van der Waals surface area contributed by atoms with E-state index in [-0.39, 0.29) is 0 Å². The minimum absolute atomic E-state index is 0.771. The van der Waals surface area contributed by atoms with Crippen LogP contribution in [0, 0.1) is 18.8 Å². The zero-order valence-electron chi connectivity index (χ0n) is 13.0. The number of aliphatic hydroxyl groups is 1. The first-order chi connectivity index (χ1) is 11.2. The molecular weight excluding hydrogens is 280 g/mol. The summed E-state index contributed by atoms with van der Waals surface area (Å²) in [6.45, 7) is 2.03. The number of benzene rings is 3. The lowest BCUT2D eigenvalue weighted by Gasteiger charge is -2.23. The van der Waals surface area contributed by atoms with Crippen LogP contribution in [0.4, 0.5) is 0 Å². The van der Waals surface area contributed by atoms with Crippen LogP contribution in [-0.4, -0.2) is 5.11 Å². The summed E-state index contributed by atoms with van der Waals surface area (Å²) in [5.41, 5.74) is 2.25. The second kappa shape index (κ2) is 6.52. The zero-order valence-corrected chi connectivity index (χ0v) is 13.0. The molecule has 23 heavy (non-hydrogen) atoms. The van der Waals surface area contributed by atoms with Crippen molar-refractivity contribution in [2.45, 2.75) is 12.5 Å². The molecule has 1 heteroatoms. The Bertz CT molecular complexity index is 824. The van der Waals surface area contributed by atoms with Gasteiger partial charge in [-0.3, -0.25) is 0 Å². The molecule has 0 aliphatic rings. The Morgan fingerprint density at radius 3 is 1.83 bits per heavy atom. The van der Waals surface area contributed by atoms with E-state index in [0.717, 1.165) is 22.3 Å². The topological polar surface area (TPSA) is 20.2 Å². The molecule has 3 aromatic carbocycles. The molecule has 0 fully saturated rings. The molecule has 0 spiro atoms. The van der Waals surface area contributed by atoms with Gasteiger partial charge in [0.15, 0.2) is 5.60 Å². The van der Waals surface area contributed by atoms with Crippen LogP contribution in [0.15, 0.2) is 84.9 Å². The molecule has 3 rings (SSSR count). The van der Waals surface area contributed by atoms with E-state index in [1.165, 1.54) is 0 Å². The average molecular weight is 298 g/mol. The fraction of sp³-hybridized carbons (Fsp3) is 0.0909. The lowest BCUT2D eigenvalue weighted by Crippen LogP contribution is -2.25. The van der Waals surface area contributed by atoms with Crippen molar-refractivity contribution < 1.29 is 5.11 Å². The van der Waals surface area contributed by atoms with Gasteiger partial charge in [0.05, 0.1) is 0 Å². The van der Waals surface area contributed by atoms with Crippen molar-refractivity contribution in [3.05, 3.63) is 107 Å². The Balaban J connectivity index is 2.11. The molecule has 0 aromatic heterocycles. The maximum atomic E-state index is 11.3. The molecule has 0 aliphatic heterocycles. The standard InChI is InChI=1S/C22H18O/c1-18-12-14-21(15-13-18)22(23,20-10-6-3-7-11-20)17-16-19-8-4-2-5-9-19/h2-15,23H,1H3. The molecule has 0 heterocycles. The van der Waals surface area contributed by atoms with Crippen LogP contribution in [0.3, 0.4) is 0 Å². The van der Waals surface area contributed by atoms with Gasteiger partial charge in [0, 0.05) is 16.7 Å². The predicted molar refractivity (Wildman–Crippen MR) is 93.9 cm³/mol. The first-order valence-electron chi connectivity index (χ1n) is 7.62. The minimum Gasteiger partial charge on any atom is -0.369 e. The Kier molecular flexibility index (Phi) is 4.28. The first-order valence-corrected chi connectivity index (χ1v) is 7.62. The minimum atomic E-state index is -1.33. The maximum absolute atomic E-state index is 11.3. The van der Waals surface area contributed by atoms with Gasteiger partial charge in [-0.15, -0.1) is 0 Å². The highest BCUT2D eigenvalue weighted by atomic mass is 16.3. The first kappa shape index (κ1) is 15.1. The summed E-state index contributed by atoms with van der Waals surface area (Å²) in [6, 6.07) is 27.1. The van der Waals surface area contributed by atoms with Crippen LogP contribution in [0.1, 0.15) is 22.3 Å². The zero-order chi connectivity index (χ0) is 16.1. The smallest absolute Gasteiger partial charge is 0.177 e. The monoisotopic (exact) mass is 298 g/mol. The van der Waals surface area contributed by atoms with E-state index in [9.17, 15) is 5.11 Å². The van der Waals surface area contributed by atoms with Gasteiger partial charge in [0.25, 0.3) is 0 Å². The average Bonchev–Trinajstić information content (AvgIpc) is 2.62. The van der Waals surface area contributed by atoms with Crippen LogP contribution >= 0.6 is 0 Å². The van der Waals surface area contributed by atoms with Crippen molar-refractivity contribution in [2.75, 3.05) is 0 Å². The molecule has 0 amide bonds. The van der Waals surface area contributed by atoms with Gasteiger partial charge in [0.1, 0.15) is 0 Å². The number of hydrogen-bond acceptors (Lipinski definition) is 1. The number of aryl methyl sites for hydroxylation is 1. The molecule has 0 radical (unpaired) electrons. The summed E-state index contributed by atoms with van der Waals surface area (Å²) in [5.74, 6) is 6.17. The van der Waals surface area contributed by atoms with E-state index in [4.69, 9.17) is 0 Å². The fourth-order valence-corrected chi connectivity index (χ4v) is 2.47. The van der Waals surface area contributed by atoms with Crippen molar-refractivity contribution in [3.63, 3.8) is 0 Å². The second-order valence-corrected chi connectivity index (χ2v) is 5.56. The molecule has 0 bridgehead atoms. The number of hydrogen-bond donors (Lipinski definition) is 1. The van der Waals surface area contributed by atoms with E-state index in [2.05, 4.69) is 11.8 Å². The van der Waals surface area contributed by atoms with Gasteiger partial charge in [-0.25, -0.2) is 0 Å². The highest BCUT2D eigenvalue weighted by molar-refractivity contribution is 5.48. The predicted octanol–water partition coefficient (Wildman–Crippen LogP) is 4.28. The van der Waals surface area contributed by atoms with Gasteiger partial charge in [0.2, 0.25) is 0 Å². The van der Waals surface area contributed by atoms with Gasteiger partial charge in [-0.1, -0.05) is 90.2 Å². The normalized spacial score (nSPS) is 12.8. The summed E-state index contributed by atoms with van der Waals surface area (Å²) in [7, 11) is 0. The van der Waals surface area contributed by atoms with E-state index >= 15 is 0 Å². The van der Waals surface area contributed by atoms with Gasteiger partial charge in [-0.2, -0.15) is 0 Å². The van der Waals surface area contributed by atoms with Gasteiger partial charge >= 0.3 is 0 Å². The Morgan fingerprint density at radius 2 is 1.22 bits per heavy atom. The summed E-state index contributed by atoms with van der Waals surface area (Å²) < 4.78 is 0. The van der Waals surface area contributed by atoms with Crippen LogP contribution < -0.4 is 0 Å². The van der Waals surface area contributed by atoms with E-state index < -0.39 is 5.60 Å². The second-order valence-electron chi connectivity index (χ2n) is 5.56. The summed E-state index contributed by atoms with van der Waals surface area (Å²) >= 11 is 0. The summed E-state index contributed by atoms with van der Waals surface area (Å²) in [6.07, 6.45) is 0. The molecule has 1 N–H and O–H groups in total. The Labute approximate surface area is 137 Å². The molecule has 0 saturated heterocycles. The largest absolute Gasteiger partial charge is 0.369 e. The SMILES string of the molecule is Cc1ccc(C(O)(C#Cc2ccccc2)c2ccccc2)cc1. The Morgan fingerprint density at radius 1 is 0.696 bits per heavy atom. The van der Waals surface area contributed by atoms with Crippen molar-refractivity contribution >= 4 is 0 Å². The quantitative estimate of drug-likeness (QED) is 0.700. The lowest BCUT2D eigenvalue weighted by atomic mass is 9.86. The molecule has 112 valence electrons. The molecular formula is C22H18O. The van der Waals surface area contributed by atoms with Crippen LogP contribution in [0.2, 0.25) is 0 Å². The van der Waals surface area contributed by atoms with Crippen LogP contribution in [0.5, 0.6) is 0 Å². The maximum Gasteiger partial charge on any atom is 0.177 e. The lowest BCUT2D eigenvalue weighted by molar-refractivity contribution is 0.145. The molecule has 1 nitrogen and oxygen atoms in total. The molecule has 1 unspecified atom stereocenters. The van der Waals surface area contributed by atoms with Crippen molar-refractivity contribution in [1.29, 1.82) is 0 Å². The van der Waals surface area contributed by atoms with E-state index in [1.807, 2.05) is 91.9 Å². The fourth-order valence-electron chi connectivity index (χ4n) is 2.47. The third kappa shape index (κ3) is 3.34. The van der Waals surface area contributed by atoms with Crippen LogP contribution in [0.25, 0.3) is 0 Å². The summed E-state index contributed by atoms with van der Waals surface area (Å²) in [5, 5.41) is 11.3. The van der Waals surface area contributed by atoms with Crippen molar-refractivity contribution in [1.82, 2.24) is 0 Å².